The second-order valence-corrected chi connectivity index (χ2v) is 3.14. The van der Waals surface area contributed by atoms with E-state index in [2.05, 4.69) is 10.6 Å². The average Bonchev–Trinajstić information content (AvgIpc) is 2.13. The molecule has 0 bridgehead atoms. The first-order valence-corrected chi connectivity index (χ1v) is 4.78. The summed E-state index contributed by atoms with van der Waals surface area (Å²) in [6.45, 7) is 5.42. The van der Waals surface area contributed by atoms with E-state index in [-0.39, 0.29) is 24.8 Å². The van der Waals surface area contributed by atoms with Gasteiger partial charge in [0.05, 0.1) is 6.42 Å². The number of amides is 1. The Morgan fingerprint density at radius 3 is 2.57 bits per heavy atom. The standard InChI is InChI=1S/C9H18N2O3/c1-3-10-6-7(2)9(14)11-5-4-8(12)13/h7,10H,3-6H2,1-2H3,(H,11,14)(H,12,13). The SMILES string of the molecule is CCNCC(C)C(=O)NCCC(=O)O. The van der Waals surface area contributed by atoms with Crippen molar-refractivity contribution in [2.24, 2.45) is 5.92 Å². The van der Waals surface area contributed by atoms with Gasteiger partial charge >= 0.3 is 5.97 Å². The van der Waals surface area contributed by atoms with Crippen molar-refractivity contribution in [3.63, 3.8) is 0 Å². The van der Waals surface area contributed by atoms with Gasteiger partial charge in [-0.15, -0.1) is 0 Å². The van der Waals surface area contributed by atoms with Crippen LogP contribution in [0, 0.1) is 5.92 Å². The van der Waals surface area contributed by atoms with Crippen molar-refractivity contribution in [3.8, 4) is 0 Å². The molecule has 0 rings (SSSR count). The second kappa shape index (κ2) is 7.32. The van der Waals surface area contributed by atoms with Crippen molar-refractivity contribution in [3.05, 3.63) is 0 Å². The maximum atomic E-state index is 11.3. The maximum absolute atomic E-state index is 11.3. The molecule has 0 radical (unpaired) electrons. The van der Waals surface area contributed by atoms with Gasteiger partial charge in [0.1, 0.15) is 0 Å². The smallest absolute Gasteiger partial charge is 0.305 e. The van der Waals surface area contributed by atoms with E-state index >= 15 is 0 Å². The summed E-state index contributed by atoms with van der Waals surface area (Å²) in [5.74, 6) is -1.12. The van der Waals surface area contributed by atoms with Gasteiger partial charge in [0.2, 0.25) is 5.91 Å². The van der Waals surface area contributed by atoms with Gasteiger partial charge in [0, 0.05) is 19.0 Å². The van der Waals surface area contributed by atoms with Crippen LogP contribution in [0.5, 0.6) is 0 Å². The molecule has 0 aromatic heterocycles. The largest absolute Gasteiger partial charge is 0.481 e. The zero-order valence-electron chi connectivity index (χ0n) is 8.67. The monoisotopic (exact) mass is 202 g/mol. The van der Waals surface area contributed by atoms with Gasteiger partial charge in [-0.25, -0.2) is 0 Å². The van der Waals surface area contributed by atoms with E-state index in [9.17, 15) is 9.59 Å². The van der Waals surface area contributed by atoms with Crippen molar-refractivity contribution in [2.75, 3.05) is 19.6 Å². The van der Waals surface area contributed by atoms with Gasteiger partial charge in [-0.1, -0.05) is 13.8 Å². The van der Waals surface area contributed by atoms with Gasteiger partial charge in [0.25, 0.3) is 0 Å². The minimum atomic E-state index is -0.898. The topological polar surface area (TPSA) is 78.4 Å². The fourth-order valence-corrected chi connectivity index (χ4v) is 0.920. The van der Waals surface area contributed by atoms with E-state index in [1.54, 1.807) is 6.92 Å². The number of rotatable bonds is 7. The van der Waals surface area contributed by atoms with Crippen LogP contribution in [0.25, 0.3) is 0 Å². The van der Waals surface area contributed by atoms with Crippen molar-refractivity contribution in [1.82, 2.24) is 10.6 Å². The Morgan fingerprint density at radius 2 is 2.07 bits per heavy atom. The predicted molar refractivity (Wildman–Crippen MR) is 53.0 cm³/mol. The minimum absolute atomic E-state index is 0.0281. The van der Waals surface area contributed by atoms with Gasteiger partial charge in [-0.3, -0.25) is 9.59 Å². The normalized spacial score (nSPS) is 12.1. The zero-order chi connectivity index (χ0) is 11.0. The second-order valence-electron chi connectivity index (χ2n) is 3.14. The molecule has 0 saturated heterocycles. The molecule has 0 spiro atoms. The van der Waals surface area contributed by atoms with Crippen LogP contribution in [-0.2, 0) is 9.59 Å². The Morgan fingerprint density at radius 1 is 1.43 bits per heavy atom. The zero-order valence-corrected chi connectivity index (χ0v) is 8.67. The number of carboxylic acid groups (broad SMARTS) is 1. The van der Waals surface area contributed by atoms with E-state index in [0.29, 0.717) is 6.54 Å². The van der Waals surface area contributed by atoms with Crippen LogP contribution in [0.4, 0.5) is 0 Å². The molecule has 0 aliphatic heterocycles. The number of carbonyl (C=O) groups excluding carboxylic acids is 1. The van der Waals surface area contributed by atoms with Gasteiger partial charge < -0.3 is 15.7 Å². The third-order valence-corrected chi connectivity index (χ3v) is 1.79. The molecule has 1 atom stereocenters. The van der Waals surface area contributed by atoms with E-state index in [4.69, 9.17) is 5.11 Å². The maximum Gasteiger partial charge on any atom is 0.305 e. The fourth-order valence-electron chi connectivity index (χ4n) is 0.920. The average molecular weight is 202 g/mol. The molecule has 1 unspecified atom stereocenters. The van der Waals surface area contributed by atoms with Crippen molar-refractivity contribution in [2.45, 2.75) is 20.3 Å². The predicted octanol–water partition coefficient (Wildman–Crippen LogP) is -0.177. The van der Waals surface area contributed by atoms with Crippen LogP contribution < -0.4 is 10.6 Å². The van der Waals surface area contributed by atoms with E-state index < -0.39 is 5.97 Å². The first kappa shape index (κ1) is 12.9. The molecule has 0 saturated carbocycles. The molecule has 14 heavy (non-hydrogen) atoms. The summed E-state index contributed by atoms with van der Waals surface area (Å²) >= 11 is 0. The highest BCUT2D eigenvalue weighted by Crippen LogP contribution is 1.92. The van der Waals surface area contributed by atoms with Crippen LogP contribution in [0.1, 0.15) is 20.3 Å². The highest BCUT2D eigenvalue weighted by molar-refractivity contribution is 5.79. The van der Waals surface area contributed by atoms with E-state index in [1.165, 1.54) is 0 Å². The first-order valence-electron chi connectivity index (χ1n) is 4.78. The summed E-state index contributed by atoms with van der Waals surface area (Å²) in [5, 5.41) is 14.0. The quantitative estimate of drug-likeness (QED) is 0.535. The lowest BCUT2D eigenvalue weighted by atomic mass is 10.1. The summed E-state index contributed by atoms with van der Waals surface area (Å²) in [5.41, 5.74) is 0. The van der Waals surface area contributed by atoms with Crippen LogP contribution in [-0.4, -0.2) is 36.6 Å². The fraction of sp³-hybridized carbons (Fsp3) is 0.778. The molecule has 1 amide bonds. The molecule has 82 valence electrons. The first-order chi connectivity index (χ1) is 6.57. The van der Waals surface area contributed by atoms with Crippen molar-refractivity contribution >= 4 is 11.9 Å². The Labute approximate surface area is 83.9 Å². The Bertz CT molecular complexity index is 194. The summed E-state index contributed by atoms with van der Waals surface area (Å²) in [6.07, 6.45) is -0.0281. The molecular formula is C9H18N2O3. The molecule has 0 aliphatic carbocycles. The van der Waals surface area contributed by atoms with E-state index in [1.807, 2.05) is 6.92 Å². The molecule has 5 heteroatoms. The van der Waals surface area contributed by atoms with Crippen LogP contribution >= 0.6 is 0 Å². The van der Waals surface area contributed by atoms with Crippen molar-refractivity contribution in [1.29, 1.82) is 0 Å². The summed E-state index contributed by atoms with van der Waals surface area (Å²) in [6, 6.07) is 0. The Hall–Kier alpha value is -1.10. The number of nitrogens with one attached hydrogen (secondary N) is 2. The van der Waals surface area contributed by atoms with Crippen molar-refractivity contribution < 1.29 is 14.7 Å². The third-order valence-electron chi connectivity index (χ3n) is 1.79. The Balaban J connectivity index is 3.56. The van der Waals surface area contributed by atoms with Gasteiger partial charge in [-0.05, 0) is 6.54 Å². The molecule has 0 aromatic carbocycles. The number of carboxylic acids is 1. The Kier molecular flexibility index (Phi) is 6.74. The molecular weight excluding hydrogens is 184 g/mol. The number of hydrogen-bond acceptors (Lipinski definition) is 3. The summed E-state index contributed by atoms with van der Waals surface area (Å²) in [7, 11) is 0. The summed E-state index contributed by atoms with van der Waals surface area (Å²) < 4.78 is 0. The molecule has 0 aliphatic rings. The van der Waals surface area contributed by atoms with Crippen LogP contribution in [0.15, 0.2) is 0 Å². The lowest BCUT2D eigenvalue weighted by Gasteiger charge is -2.11. The van der Waals surface area contributed by atoms with Gasteiger partial charge in [0.15, 0.2) is 0 Å². The highest BCUT2D eigenvalue weighted by Gasteiger charge is 2.11. The number of aliphatic carboxylic acids is 1. The molecule has 5 nitrogen and oxygen atoms in total. The lowest BCUT2D eigenvalue weighted by Crippen LogP contribution is -2.36. The van der Waals surface area contributed by atoms with E-state index in [0.717, 1.165) is 6.54 Å². The molecule has 0 aromatic rings. The van der Waals surface area contributed by atoms with Crippen LogP contribution in [0.3, 0.4) is 0 Å². The summed E-state index contributed by atoms with van der Waals surface area (Å²) in [4.78, 5) is 21.4. The molecule has 0 heterocycles. The number of carbonyl (C=O) groups is 2. The number of hydrogen-bond donors (Lipinski definition) is 3. The highest BCUT2D eigenvalue weighted by atomic mass is 16.4. The third kappa shape index (κ3) is 6.42. The van der Waals surface area contributed by atoms with Gasteiger partial charge in [-0.2, -0.15) is 0 Å². The molecule has 3 N–H and O–H groups in total. The lowest BCUT2D eigenvalue weighted by molar-refractivity contribution is -0.137. The van der Waals surface area contributed by atoms with Crippen LogP contribution in [0.2, 0.25) is 0 Å². The molecule has 0 fully saturated rings. The minimum Gasteiger partial charge on any atom is -0.481 e.